The normalized spacial score (nSPS) is 16.0. The molecule has 3 rings (SSSR count). The van der Waals surface area contributed by atoms with Crippen LogP contribution in [0.1, 0.15) is 31.9 Å². The highest BCUT2D eigenvalue weighted by atomic mass is 16.2. The average molecular weight is 394 g/mol. The van der Waals surface area contributed by atoms with Crippen LogP contribution in [0.5, 0.6) is 0 Å². The van der Waals surface area contributed by atoms with Gasteiger partial charge in [-0.25, -0.2) is 0 Å². The molecule has 0 saturated carbocycles. The molecule has 2 aromatic carbocycles. The summed E-state index contributed by atoms with van der Waals surface area (Å²) in [5.74, 6) is 0.221. The second-order valence-electron chi connectivity index (χ2n) is 8.99. The highest BCUT2D eigenvalue weighted by Crippen LogP contribution is 2.18. The van der Waals surface area contributed by atoms with Crippen molar-refractivity contribution >= 4 is 5.91 Å². The standard InChI is InChI=1S/C25H35N3O/c1-25(2,3)28(20-23-12-8-5-9-13-23)24(29)21-27-18-16-26(17-19-27)15-14-22-10-6-4-7-11-22/h4-13H,14-21H2,1-3H3. The summed E-state index contributed by atoms with van der Waals surface area (Å²) in [6.07, 6.45) is 1.09. The topological polar surface area (TPSA) is 26.8 Å². The lowest BCUT2D eigenvalue weighted by Gasteiger charge is -2.39. The molecule has 156 valence electrons. The Morgan fingerprint density at radius 3 is 1.90 bits per heavy atom. The molecule has 0 aliphatic carbocycles. The Hall–Kier alpha value is -2.17. The van der Waals surface area contributed by atoms with E-state index in [9.17, 15) is 4.79 Å². The third-order valence-corrected chi connectivity index (χ3v) is 5.68. The molecular formula is C25H35N3O. The summed E-state index contributed by atoms with van der Waals surface area (Å²) < 4.78 is 0. The fraction of sp³-hybridized carbons (Fsp3) is 0.480. The predicted octanol–water partition coefficient (Wildman–Crippen LogP) is 3.67. The molecule has 4 nitrogen and oxygen atoms in total. The number of carbonyl (C=O) groups is 1. The van der Waals surface area contributed by atoms with Crippen molar-refractivity contribution in [1.29, 1.82) is 0 Å². The number of nitrogens with zero attached hydrogens (tertiary/aromatic N) is 3. The van der Waals surface area contributed by atoms with Crippen LogP contribution in [-0.2, 0) is 17.8 Å². The van der Waals surface area contributed by atoms with Crippen molar-refractivity contribution in [3.63, 3.8) is 0 Å². The molecule has 0 bridgehead atoms. The van der Waals surface area contributed by atoms with Gasteiger partial charge in [-0.2, -0.15) is 0 Å². The highest BCUT2D eigenvalue weighted by molar-refractivity contribution is 5.79. The van der Waals surface area contributed by atoms with E-state index >= 15 is 0 Å². The van der Waals surface area contributed by atoms with Crippen LogP contribution in [0.15, 0.2) is 60.7 Å². The van der Waals surface area contributed by atoms with Crippen LogP contribution < -0.4 is 0 Å². The summed E-state index contributed by atoms with van der Waals surface area (Å²) in [5.41, 5.74) is 2.39. The number of hydrogen-bond donors (Lipinski definition) is 0. The van der Waals surface area contributed by atoms with Gasteiger partial charge in [0, 0.05) is 44.8 Å². The zero-order valence-electron chi connectivity index (χ0n) is 18.2. The first kappa shape index (κ1) is 21.5. The van der Waals surface area contributed by atoms with Gasteiger partial charge in [0.25, 0.3) is 0 Å². The van der Waals surface area contributed by atoms with Gasteiger partial charge in [0.05, 0.1) is 6.54 Å². The van der Waals surface area contributed by atoms with Crippen LogP contribution >= 0.6 is 0 Å². The maximum atomic E-state index is 13.1. The Morgan fingerprint density at radius 2 is 1.34 bits per heavy atom. The molecule has 0 N–H and O–H groups in total. The van der Waals surface area contributed by atoms with Gasteiger partial charge in [-0.3, -0.25) is 9.69 Å². The first-order valence-corrected chi connectivity index (χ1v) is 10.7. The summed E-state index contributed by atoms with van der Waals surface area (Å²) in [6, 6.07) is 21.0. The molecule has 1 heterocycles. The van der Waals surface area contributed by atoms with E-state index in [-0.39, 0.29) is 11.4 Å². The molecule has 0 radical (unpaired) electrons. The van der Waals surface area contributed by atoms with Crippen molar-refractivity contribution in [1.82, 2.24) is 14.7 Å². The molecule has 0 atom stereocenters. The lowest BCUT2D eigenvalue weighted by Crippen LogP contribution is -2.53. The third kappa shape index (κ3) is 6.69. The molecule has 1 aliphatic rings. The van der Waals surface area contributed by atoms with E-state index in [1.54, 1.807) is 0 Å². The Balaban J connectivity index is 1.48. The summed E-state index contributed by atoms with van der Waals surface area (Å²) in [4.78, 5) is 20.0. The van der Waals surface area contributed by atoms with Crippen LogP contribution in [0.25, 0.3) is 0 Å². The molecular weight excluding hydrogens is 358 g/mol. The van der Waals surface area contributed by atoms with E-state index < -0.39 is 0 Å². The molecule has 29 heavy (non-hydrogen) atoms. The van der Waals surface area contributed by atoms with E-state index in [0.29, 0.717) is 13.1 Å². The molecule has 0 aromatic heterocycles. The average Bonchev–Trinajstić information content (AvgIpc) is 2.72. The maximum Gasteiger partial charge on any atom is 0.237 e. The summed E-state index contributed by atoms with van der Waals surface area (Å²) >= 11 is 0. The van der Waals surface area contributed by atoms with Gasteiger partial charge >= 0.3 is 0 Å². The molecule has 4 heteroatoms. The minimum absolute atomic E-state index is 0.190. The summed E-state index contributed by atoms with van der Waals surface area (Å²) in [7, 11) is 0. The fourth-order valence-electron chi connectivity index (χ4n) is 3.84. The number of hydrogen-bond acceptors (Lipinski definition) is 3. The number of benzene rings is 2. The summed E-state index contributed by atoms with van der Waals surface area (Å²) in [5, 5.41) is 0. The zero-order valence-corrected chi connectivity index (χ0v) is 18.2. The monoisotopic (exact) mass is 393 g/mol. The largest absolute Gasteiger partial charge is 0.332 e. The Morgan fingerprint density at radius 1 is 0.828 bits per heavy atom. The van der Waals surface area contributed by atoms with Gasteiger partial charge in [0.1, 0.15) is 0 Å². The van der Waals surface area contributed by atoms with Crippen LogP contribution in [-0.4, -0.2) is 65.4 Å². The molecule has 1 fully saturated rings. The van der Waals surface area contributed by atoms with E-state index in [1.165, 1.54) is 11.1 Å². The van der Waals surface area contributed by atoms with E-state index in [0.717, 1.165) is 39.1 Å². The van der Waals surface area contributed by atoms with Crippen LogP contribution in [0.4, 0.5) is 0 Å². The van der Waals surface area contributed by atoms with Crippen LogP contribution in [0.3, 0.4) is 0 Å². The lowest BCUT2D eigenvalue weighted by molar-refractivity contribution is -0.138. The molecule has 1 saturated heterocycles. The third-order valence-electron chi connectivity index (χ3n) is 5.68. The van der Waals surface area contributed by atoms with Crippen molar-refractivity contribution in [3.05, 3.63) is 71.8 Å². The van der Waals surface area contributed by atoms with E-state index in [4.69, 9.17) is 0 Å². The summed E-state index contributed by atoms with van der Waals surface area (Å²) in [6.45, 7) is 12.6. The van der Waals surface area contributed by atoms with Gasteiger partial charge in [-0.15, -0.1) is 0 Å². The van der Waals surface area contributed by atoms with Gasteiger partial charge in [0.2, 0.25) is 5.91 Å². The fourth-order valence-corrected chi connectivity index (χ4v) is 3.84. The Bertz CT molecular complexity index is 747. The first-order chi connectivity index (χ1) is 13.9. The predicted molar refractivity (Wildman–Crippen MR) is 120 cm³/mol. The van der Waals surface area contributed by atoms with Crippen LogP contribution in [0.2, 0.25) is 0 Å². The second kappa shape index (κ2) is 10.0. The van der Waals surface area contributed by atoms with Gasteiger partial charge < -0.3 is 9.80 Å². The van der Waals surface area contributed by atoms with Gasteiger partial charge in [0.15, 0.2) is 0 Å². The Labute approximate surface area is 176 Å². The molecule has 0 spiro atoms. The quantitative estimate of drug-likeness (QED) is 0.718. The number of amides is 1. The minimum atomic E-state index is -0.190. The minimum Gasteiger partial charge on any atom is -0.332 e. The van der Waals surface area contributed by atoms with Gasteiger partial charge in [-0.05, 0) is 38.3 Å². The highest BCUT2D eigenvalue weighted by Gasteiger charge is 2.28. The van der Waals surface area contributed by atoms with Gasteiger partial charge in [-0.1, -0.05) is 60.7 Å². The van der Waals surface area contributed by atoms with Crippen molar-refractivity contribution < 1.29 is 4.79 Å². The number of rotatable bonds is 7. The lowest BCUT2D eigenvalue weighted by atomic mass is 10.0. The van der Waals surface area contributed by atoms with Crippen molar-refractivity contribution in [2.75, 3.05) is 39.3 Å². The van der Waals surface area contributed by atoms with Crippen LogP contribution in [0, 0.1) is 0 Å². The van der Waals surface area contributed by atoms with Crippen molar-refractivity contribution in [2.24, 2.45) is 0 Å². The van der Waals surface area contributed by atoms with Crippen molar-refractivity contribution in [2.45, 2.75) is 39.3 Å². The van der Waals surface area contributed by atoms with E-state index in [2.05, 4.69) is 73.0 Å². The first-order valence-electron chi connectivity index (χ1n) is 10.7. The maximum absolute atomic E-state index is 13.1. The molecule has 2 aromatic rings. The molecule has 0 unspecified atom stereocenters. The SMILES string of the molecule is CC(C)(C)N(Cc1ccccc1)C(=O)CN1CCN(CCc2ccccc2)CC1. The Kier molecular flexibility index (Phi) is 7.45. The van der Waals surface area contributed by atoms with E-state index in [1.807, 2.05) is 23.1 Å². The number of carbonyl (C=O) groups excluding carboxylic acids is 1. The second-order valence-corrected chi connectivity index (χ2v) is 8.99. The van der Waals surface area contributed by atoms with Crippen molar-refractivity contribution in [3.8, 4) is 0 Å². The smallest absolute Gasteiger partial charge is 0.237 e. The zero-order chi connectivity index (χ0) is 20.7. The molecule has 1 amide bonds. The number of piperazine rings is 1. The molecule has 1 aliphatic heterocycles.